The molecular weight excluding hydrogens is 238 g/mol. The highest BCUT2D eigenvalue weighted by atomic mass is 32.2. The van der Waals surface area contributed by atoms with Crippen molar-refractivity contribution < 1.29 is 13.2 Å². The second-order valence-electron chi connectivity index (χ2n) is 3.93. The van der Waals surface area contributed by atoms with E-state index < -0.39 is 21.4 Å². The van der Waals surface area contributed by atoms with Crippen LogP contribution in [-0.2, 0) is 14.8 Å². The van der Waals surface area contributed by atoms with E-state index in [2.05, 4.69) is 0 Å². The first-order valence-corrected chi connectivity index (χ1v) is 6.30. The van der Waals surface area contributed by atoms with Crippen molar-refractivity contribution in [2.24, 2.45) is 5.14 Å². The third kappa shape index (κ3) is 2.11. The SMILES string of the molecule is CN1C(=O)C(C)(C)N(CS(N)(=O)=O)C1=S. The average Bonchev–Trinajstić information content (AvgIpc) is 2.18. The number of nitrogens with zero attached hydrogens (tertiary/aromatic N) is 2. The molecule has 1 aliphatic rings. The van der Waals surface area contributed by atoms with Crippen LogP contribution >= 0.6 is 12.2 Å². The molecule has 2 N–H and O–H groups in total. The summed E-state index contributed by atoms with van der Waals surface area (Å²) in [6.07, 6.45) is 0. The third-order valence-electron chi connectivity index (χ3n) is 2.33. The second-order valence-corrected chi connectivity index (χ2v) is 5.87. The molecule has 0 aromatic rings. The van der Waals surface area contributed by atoms with Crippen molar-refractivity contribution in [3.8, 4) is 0 Å². The summed E-state index contributed by atoms with van der Waals surface area (Å²) in [4.78, 5) is 14.3. The van der Waals surface area contributed by atoms with Gasteiger partial charge in [0.25, 0.3) is 5.91 Å². The Labute approximate surface area is 94.1 Å². The maximum atomic E-state index is 11.7. The van der Waals surface area contributed by atoms with Crippen LogP contribution in [0, 0.1) is 0 Å². The van der Waals surface area contributed by atoms with E-state index in [1.54, 1.807) is 13.8 Å². The van der Waals surface area contributed by atoms with Crippen LogP contribution in [0.3, 0.4) is 0 Å². The number of rotatable bonds is 2. The summed E-state index contributed by atoms with van der Waals surface area (Å²) in [7, 11) is -2.19. The lowest BCUT2D eigenvalue weighted by Gasteiger charge is -2.28. The van der Waals surface area contributed by atoms with Gasteiger partial charge in [0.1, 0.15) is 11.4 Å². The molecule has 1 heterocycles. The molecule has 15 heavy (non-hydrogen) atoms. The Balaban J connectivity index is 3.09. The number of hydrogen-bond acceptors (Lipinski definition) is 4. The lowest BCUT2D eigenvalue weighted by molar-refractivity contribution is -0.130. The Morgan fingerprint density at radius 2 is 1.93 bits per heavy atom. The van der Waals surface area contributed by atoms with Crippen LogP contribution in [-0.4, -0.2) is 47.7 Å². The first-order chi connectivity index (χ1) is 6.57. The monoisotopic (exact) mass is 251 g/mol. The minimum absolute atomic E-state index is 0.180. The summed E-state index contributed by atoms with van der Waals surface area (Å²) in [6, 6.07) is 0. The second kappa shape index (κ2) is 3.39. The van der Waals surface area contributed by atoms with Gasteiger partial charge in [-0.15, -0.1) is 0 Å². The van der Waals surface area contributed by atoms with Gasteiger partial charge in [-0.25, -0.2) is 13.6 Å². The van der Waals surface area contributed by atoms with Crippen LogP contribution in [0.15, 0.2) is 0 Å². The van der Waals surface area contributed by atoms with Crippen LogP contribution < -0.4 is 5.14 Å². The number of likely N-dealkylation sites (N-methyl/N-ethyl adjacent to an activating group) is 1. The quantitative estimate of drug-likeness (QED) is 0.641. The maximum absolute atomic E-state index is 11.7. The molecule has 0 aromatic carbocycles. The van der Waals surface area contributed by atoms with Gasteiger partial charge in [0.15, 0.2) is 5.11 Å². The number of nitrogens with two attached hydrogens (primary N) is 1. The Kier molecular flexibility index (Phi) is 2.79. The van der Waals surface area contributed by atoms with Crippen molar-refractivity contribution in [1.29, 1.82) is 0 Å². The molecule has 0 bridgehead atoms. The zero-order valence-electron chi connectivity index (χ0n) is 8.72. The molecule has 1 aliphatic heterocycles. The molecule has 86 valence electrons. The summed E-state index contributed by atoms with van der Waals surface area (Å²) in [5, 5.41) is 5.11. The van der Waals surface area contributed by atoms with Gasteiger partial charge < -0.3 is 4.90 Å². The van der Waals surface area contributed by atoms with Crippen LogP contribution in [0.5, 0.6) is 0 Å². The van der Waals surface area contributed by atoms with Gasteiger partial charge in [0.05, 0.1) is 0 Å². The highest BCUT2D eigenvalue weighted by Gasteiger charge is 2.48. The van der Waals surface area contributed by atoms with E-state index in [0.717, 1.165) is 0 Å². The molecule has 1 saturated heterocycles. The largest absolute Gasteiger partial charge is 0.319 e. The van der Waals surface area contributed by atoms with Crippen LogP contribution in [0.25, 0.3) is 0 Å². The van der Waals surface area contributed by atoms with Gasteiger partial charge in [0.2, 0.25) is 10.0 Å². The number of primary sulfonamides is 1. The predicted octanol–water partition coefficient (Wildman–Crippen LogP) is -0.930. The zero-order valence-corrected chi connectivity index (χ0v) is 10.4. The van der Waals surface area contributed by atoms with Crippen molar-refractivity contribution in [3.05, 3.63) is 0 Å². The molecule has 1 fully saturated rings. The summed E-state index contributed by atoms with van der Waals surface area (Å²) in [5.41, 5.74) is -0.960. The van der Waals surface area contributed by atoms with E-state index in [1.165, 1.54) is 16.8 Å². The highest BCUT2D eigenvalue weighted by Crippen LogP contribution is 2.26. The smallest absolute Gasteiger partial charge is 0.253 e. The lowest BCUT2D eigenvalue weighted by atomic mass is 10.1. The Bertz CT molecular complexity index is 415. The van der Waals surface area contributed by atoms with Crippen molar-refractivity contribution in [2.75, 3.05) is 12.9 Å². The molecule has 0 saturated carbocycles. The molecule has 1 rings (SSSR count). The molecule has 8 heteroatoms. The highest BCUT2D eigenvalue weighted by molar-refractivity contribution is 7.89. The van der Waals surface area contributed by atoms with Crippen LogP contribution in [0.2, 0.25) is 0 Å². The van der Waals surface area contributed by atoms with E-state index in [-0.39, 0.29) is 11.0 Å². The fourth-order valence-corrected chi connectivity index (χ4v) is 2.69. The zero-order chi connectivity index (χ0) is 12.0. The molecule has 0 atom stereocenters. The normalized spacial score (nSPS) is 21.3. The lowest BCUT2D eigenvalue weighted by Crippen LogP contribution is -2.47. The van der Waals surface area contributed by atoms with Crippen LogP contribution in [0.4, 0.5) is 0 Å². The van der Waals surface area contributed by atoms with Crippen molar-refractivity contribution >= 4 is 33.3 Å². The maximum Gasteiger partial charge on any atom is 0.253 e. The van der Waals surface area contributed by atoms with Gasteiger partial charge in [-0.05, 0) is 26.1 Å². The minimum Gasteiger partial charge on any atom is -0.319 e. The summed E-state index contributed by atoms with van der Waals surface area (Å²) >= 11 is 4.97. The number of sulfonamides is 1. The first kappa shape index (κ1) is 12.3. The Morgan fingerprint density at radius 1 is 1.47 bits per heavy atom. The van der Waals surface area contributed by atoms with Gasteiger partial charge >= 0.3 is 0 Å². The Morgan fingerprint density at radius 3 is 2.20 bits per heavy atom. The number of thiocarbonyl (C=S) groups is 1. The van der Waals surface area contributed by atoms with Gasteiger partial charge in [-0.3, -0.25) is 9.69 Å². The van der Waals surface area contributed by atoms with Gasteiger partial charge in [0, 0.05) is 7.05 Å². The fraction of sp³-hybridized carbons (Fsp3) is 0.714. The summed E-state index contributed by atoms with van der Waals surface area (Å²) < 4.78 is 22.0. The minimum atomic E-state index is -3.70. The predicted molar refractivity (Wildman–Crippen MR) is 59.3 cm³/mol. The number of carbonyl (C=O) groups is 1. The van der Waals surface area contributed by atoms with Crippen molar-refractivity contribution in [2.45, 2.75) is 19.4 Å². The average molecular weight is 251 g/mol. The summed E-state index contributed by atoms with van der Waals surface area (Å²) in [5.74, 6) is -0.689. The van der Waals surface area contributed by atoms with E-state index in [4.69, 9.17) is 17.4 Å². The molecule has 0 radical (unpaired) electrons. The van der Waals surface area contributed by atoms with E-state index in [1.807, 2.05) is 0 Å². The molecule has 0 aliphatic carbocycles. The fourth-order valence-electron chi connectivity index (χ4n) is 1.43. The number of amides is 1. The first-order valence-electron chi connectivity index (χ1n) is 4.17. The number of carbonyl (C=O) groups excluding carboxylic acids is 1. The van der Waals surface area contributed by atoms with Crippen molar-refractivity contribution in [3.63, 3.8) is 0 Å². The van der Waals surface area contributed by atoms with Crippen LogP contribution in [0.1, 0.15) is 13.8 Å². The van der Waals surface area contributed by atoms with Gasteiger partial charge in [-0.1, -0.05) is 0 Å². The molecule has 0 spiro atoms. The van der Waals surface area contributed by atoms with Crippen molar-refractivity contribution in [1.82, 2.24) is 9.80 Å². The topological polar surface area (TPSA) is 83.7 Å². The molecule has 0 unspecified atom stereocenters. The standard InChI is InChI=1S/C7H13N3O3S2/c1-7(2)5(11)9(3)6(14)10(7)4-15(8,12)13/h4H2,1-3H3,(H2,8,12,13). The molecule has 6 nitrogen and oxygen atoms in total. The molecular formula is C7H13N3O3S2. The molecule has 0 aromatic heterocycles. The van der Waals surface area contributed by atoms with Gasteiger partial charge in [-0.2, -0.15) is 0 Å². The summed E-state index contributed by atoms with van der Waals surface area (Å²) in [6.45, 7) is 3.21. The van der Waals surface area contributed by atoms with E-state index in [0.29, 0.717) is 0 Å². The number of hydrogen-bond donors (Lipinski definition) is 1. The Hall–Kier alpha value is -0.730. The molecule has 1 amide bonds. The van der Waals surface area contributed by atoms with E-state index >= 15 is 0 Å². The van der Waals surface area contributed by atoms with E-state index in [9.17, 15) is 13.2 Å². The third-order valence-corrected chi connectivity index (χ3v) is 3.44.